The van der Waals surface area contributed by atoms with Crippen LogP contribution in [0.25, 0.3) is 0 Å². The van der Waals surface area contributed by atoms with E-state index in [-0.39, 0.29) is 12.0 Å². The summed E-state index contributed by atoms with van der Waals surface area (Å²) in [6.45, 7) is 1.36. The standard InChI is InChI=1S/C13H23F3N2/c14-13(15,16)7-10-6-11(17)9-18(8-10)12-4-2-1-3-5-12/h10-12H,1-9,17H2. The molecule has 1 aliphatic carbocycles. The van der Waals surface area contributed by atoms with Gasteiger partial charge in [-0.2, -0.15) is 13.2 Å². The van der Waals surface area contributed by atoms with Crippen LogP contribution in [0.15, 0.2) is 0 Å². The monoisotopic (exact) mass is 264 g/mol. The molecule has 0 radical (unpaired) electrons. The van der Waals surface area contributed by atoms with Gasteiger partial charge in [0.2, 0.25) is 0 Å². The summed E-state index contributed by atoms with van der Waals surface area (Å²) in [6, 6.07) is 0.383. The summed E-state index contributed by atoms with van der Waals surface area (Å²) < 4.78 is 37.4. The van der Waals surface area contributed by atoms with Gasteiger partial charge in [0.05, 0.1) is 0 Å². The van der Waals surface area contributed by atoms with Gasteiger partial charge in [0.1, 0.15) is 0 Å². The van der Waals surface area contributed by atoms with Gasteiger partial charge in [-0.25, -0.2) is 0 Å². The Hall–Kier alpha value is -0.290. The molecule has 1 saturated heterocycles. The fourth-order valence-corrected chi connectivity index (χ4v) is 3.50. The molecule has 0 spiro atoms. The Labute approximate surface area is 107 Å². The van der Waals surface area contributed by atoms with Crippen molar-refractivity contribution in [3.8, 4) is 0 Å². The third-order valence-corrected chi connectivity index (χ3v) is 4.21. The second-order valence-electron chi connectivity index (χ2n) is 5.93. The summed E-state index contributed by atoms with van der Waals surface area (Å²) in [7, 11) is 0. The molecule has 2 unspecified atom stereocenters. The predicted octanol–water partition coefficient (Wildman–Crippen LogP) is 2.92. The lowest BCUT2D eigenvalue weighted by atomic mass is 9.87. The van der Waals surface area contributed by atoms with E-state index in [1.165, 1.54) is 19.3 Å². The maximum absolute atomic E-state index is 12.5. The first-order chi connectivity index (χ1) is 8.44. The lowest BCUT2D eigenvalue weighted by molar-refractivity contribution is -0.149. The molecule has 0 aromatic heterocycles. The van der Waals surface area contributed by atoms with Gasteiger partial charge < -0.3 is 5.73 Å². The average Bonchev–Trinajstić information content (AvgIpc) is 2.27. The van der Waals surface area contributed by atoms with Crippen LogP contribution >= 0.6 is 0 Å². The lowest BCUT2D eigenvalue weighted by Crippen LogP contribution is -2.52. The van der Waals surface area contributed by atoms with Crippen molar-refractivity contribution in [2.24, 2.45) is 11.7 Å². The number of nitrogens with two attached hydrogens (primary N) is 1. The maximum atomic E-state index is 12.5. The molecule has 2 aliphatic rings. The van der Waals surface area contributed by atoms with E-state index in [1.54, 1.807) is 0 Å². The van der Waals surface area contributed by atoms with Crippen molar-refractivity contribution in [1.82, 2.24) is 4.90 Å². The molecule has 2 rings (SSSR count). The highest BCUT2D eigenvalue weighted by Crippen LogP contribution is 2.32. The number of nitrogens with zero attached hydrogens (tertiary/aromatic N) is 1. The minimum Gasteiger partial charge on any atom is -0.327 e. The van der Waals surface area contributed by atoms with E-state index in [0.29, 0.717) is 19.0 Å². The van der Waals surface area contributed by atoms with Gasteiger partial charge in [-0.1, -0.05) is 19.3 Å². The zero-order valence-electron chi connectivity index (χ0n) is 10.8. The summed E-state index contributed by atoms with van der Waals surface area (Å²) in [5.41, 5.74) is 5.93. The molecule has 2 nitrogen and oxygen atoms in total. The summed E-state index contributed by atoms with van der Waals surface area (Å²) >= 11 is 0. The van der Waals surface area contributed by atoms with Gasteiger partial charge in [-0.05, 0) is 25.2 Å². The fraction of sp³-hybridized carbons (Fsp3) is 1.00. The van der Waals surface area contributed by atoms with Crippen LogP contribution in [0, 0.1) is 5.92 Å². The smallest absolute Gasteiger partial charge is 0.327 e. The van der Waals surface area contributed by atoms with Crippen molar-refractivity contribution in [3.63, 3.8) is 0 Å². The van der Waals surface area contributed by atoms with Crippen LogP contribution in [-0.2, 0) is 0 Å². The Balaban J connectivity index is 1.91. The van der Waals surface area contributed by atoms with Crippen molar-refractivity contribution in [3.05, 3.63) is 0 Å². The topological polar surface area (TPSA) is 29.3 Å². The van der Waals surface area contributed by atoms with Crippen molar-refractivity contribution < 1.29 is 13.2 Å². The Morgan fingerprint density at radius 3 is 2.33 bits per heavy atom. The Bertz CT molecular complexity index is 261. The van der Waals surface area contributed by atoms with Gasteiger partial charge in [0.15, 0.2) is 0 Å². The van der Waals surface area contributed by atoms with Gasteiger partial charge in [-0.15, -0.1) is 0 Å². The molecule has 0 amide bonds. The first-order valence-electron chi connectivity index (χ1n) is 7.00. The van der Waals surface area contributed by atoms with Crippen LogP contribution in [0.5, 0.6) is 0 Å². The highest BCUT2D eigenvalue weighted by molar-refractivity contribution is 4.87. The Morgan fingerprint density at radius 1 is 1.06 bits per heavy atom. The number of likely N-dealkylation sites (tertiary alicyclic amines) is 1. The number of halogens is 3. The molecule has 2 fully saturated rings. The normalized spacial score (nSPS) is 32.7. The lowest BCUT2D eigenvalue weighted by Gasteiger charge is -2.42. The average molecular weight is 264 g/mol. The van der Waals surface area contributed by atoms with Gasteiger partial charge in [0, 0.05) is 31.6 Å². The van der Waals surface area contributed by atoms with Crippen LogP contribution in [0.1, 0.15) is 44.9 Å². The quantitative estimate of drug-likeness (QED) is 0.831. The molecule has 18 heavy (non-hydrogen) atoms. The van der Waals surface area contributed by atoms with E-state index in [2.05, 4.69) is 4.90 Å². The van der Waals surface area contributed by atoms with Gasteiger partial charge in [0.25, 0.3) is 0 Å². The minimum absolute atomic E-state index is 0.0898. The van der Waals surface area contributed by atoms with Crippen molar-refractivity contribution >= 4 is 0 Å². The third kappa shape index (κ3) is 4.12. The fourth-order valence-electron chi connectivity index (χ4n) is 3.50. The highest BCUT2D eigenvalue weighted by Gasteiger charge is 2.37. The first-order valence-corrected chi connectivity index (χ1v) is 7.00. The second kappa shape index (κ2) is 5.78. The van der Waals surface area contributed by atoms with Gasteiger partial charge in [-0.3, -0.25) is 4.90 Å². The molecule has 0 bridgehead atoms. The minimum atomic E-state index is -4.06. The van der Waals surface area contributed by atoms with E-state index < -0.39 is 12.6 Å². The van der Waals surface area contributed by atoms with E-state index in [9.17, 15) is 13.2 Å². The number of alkyl halides is 3. The summed E-state index contributed by atoms with van der Waals surface area (Å²) in [5.74, 6) is -0.310. The van der Waals surface area contributed by atoms with Crippen LogP contribution < -0.4 is 5.73 Å². The van der Waals surface area contributed by atoms with Crippen LogP contribution in [0.3, 0.4) is 0 Å². The number of hydrogen-bond donors (Lipinski definition) is 1. The first kappa shape index (κ1) is 14.1. The Kier molecular flexibility index (Phi) is 4.54. The molecule has 106 valence electrons. The van der Waals surface area contributed by atoms with Crippen LogP contribution in [0.2, 0.25) is 0 Å². The van der Waals surface area contributed by atoms with E-state index in [0.717, 1.165) is 19.4 Å². The molecular formula is C13H23F3N2. The zero-order valence-corrected chi connectivity index (χ0v) is 10.8. The molecule has 1 heterocycles. The molecule has 2 atom stereocenters. The SMILES string of the molecule is NC1CC(CC(F)(F)F)CN(C2CCCCC2)C1. The van der Waals surface area contributed by atoms with E-state index in [4.69, 9.17) is 5.73 Å². The molecule has 2 N–H and O–H groups in total. The van der Waals surface area contributed by atoms with E-state index in [1.807, 2.05) is 0 Å². The maximum Gasteiger partial charge on any atom is 0.389 e. The summed E-state index contributed by atoms with van der Waals surface area (Å²) in [6.07, 6.45) is 1.73. The zero-order chi connectivity index (χ0) is 13.2. The summed E-state index contributed by atoms with van der Waals surface area (Å²) in [4.78, 5) is 2.23. The number of piperidine rings is 1. The van der Waals surface area contributed by atoms with Crippen LogP contribution in [-0.4, -0.2) is 36.2 Å². The van der Waals surface area contributed by atoms with Crippen molar-refractivity contribution in [2.45, 2.75) is 63.2 Å². The van der Waals surface area contributed by atoms with Crippen molar-refractivity contribution in [2.75, 3.05) is 13.1 Å². The third-order valence-electron chi connectivity index (χ3n) is 4.21. The van der Waals surface area contributed by atoms with Crippen molar-refractivity contribution in [1.29, 1.82) is 0 Å². The predicted molar refractivity (Wildman–Crippen MR) is 65.2 cm³/mol. The van der Waals surface area contributed by atoms with E-state index >= 15 is 0 Å². The molecule has 1 saturated carbocycles. The molecule has 1 aliphatic heterocycles. The molecular weight excluding hydrogens is 241 g/mol. The molecule has 5 heteroatoms. The number of rotatable bonds is 2. The largest absolute Gasteiger partial charge is 0.389 e. The summed E-state index contributed by atoms with van der Waals surface area (Å²) in [5, 5.41) is 0. The number of hydrogen-bond acceptors (Lipinski definition) is 2. The van der Waals surface area contributed by atoms with Gasteiger partial charge >= 0.3 is 6.18 Å². The highest BCUT2D eigenvalue weighted by atomic mass is 19.4. The molecule has 0 aromatic carbocycles. The second-order valence-corrected chi connectivity index (χ2v) is 5.93. The molecule has 0 aromatic rings. The van der Waals surface area contributed by atoms with Crippen LogP contribution in [0.4, 0.5) is 13.2 Å². The Morgan fingerprint density at radius 2 is 1.72 bits per heavy atom.